The highest BCUT2D eigenvalue weighted by molar-refractivity contribution is 7.90. The number of nitrogens with zero attached hydrogens (tertiary/aromatic N) is 2. The van der Waals surface area contributed by atoms with Crippen molar-refractivity contribution in [2.24, 2.45) is 0 Å². The summed E-state index contributed by atoms with van der Waals surface area (Å²) < 4.78 is 41.4. The number of halogens is 1. The van der Waals surface area contributed by atoms with Crippen LogP contribution in [0, 0.1) is 5.82 Å². The van der Waals surface area contributed by atoms with Crippen LogP contribution in [0.1, 0.15) is 44.9 Å². The van der Waals surface area contributed by atoms with Gasteiger partial charge in [0.1, 0.15) is 12.4 Å². The Morgan fingerprint density at radius 3 is 2.13 bits per heavy atom. The number of benzene rings is 2. The molecule has 1 amide bonds. The van der Waals surface area contributed by atoms with E-state index in [0.717, 1.165) is 20.2 Å². The van der Waals surface area contributed by atoms with Gasteiger partial charge in [0.15, 0.2) is 0 Å². The van der Waals surface area contributed by atoms with Gasteiger partial charge >= 0.3 is 10.2 Å². The number of para-hydroxylation sites is 1. The molecule has 1 atom stereocenters. The Balaban J connectivity index is 2.21. The first kappa shape index (κ1) is 23.8. The molecule has 1 unspecified atom stereocenters. The first-order chi connectivity index (χ1) is 13.8. The zero-order chi connectivity index (χ0) is 22.7. The Morgan fingerprint density at radius 1 is 1.07 bits per heavy atom. The van der Waals surface area contributed by atoms with Crippen LogP contribution in [0.3, 0.4) is 0 Å². The van der Waals surface area contributed by atoms with Crippen molar-refractivity contribution in [3.63, 3.8) is 0 Å². The lowest BCUT2D eigenvalue weighted by Gasteiger charge is -2.28. The van der Waals surface area contributed by atoms with Crippen LogP contribution in [-0.2, 0) is 20.4 Å². The highest BCUT2D eigenvalue weighted by atomic mass is 32.2. The molecule has 8 heteroatoms. The second-order valence-corrected chi connectivity index (χ2v) is 10.5. The van der Waals surface area contributed by atoms with E-state index in [2.05, 4.69) is 26.1 Å². The molecule has 30 heavy (non-hydrogen) atoms. The predicted molar refractivity (Wildman–Crippen MR) is 118 cm³/mol. The largest absolute Gasteiger partial charge is 0.348 e. The minimum absolute atomic E-state index is 0.0197. The van der Waals surface area contributed by atoms with E-state index in [4.69, 9.17) is 0 Å². The molecule has 1 N–H and O–H groups in total. The summed E-state index contributed by atoms with van der Waals surface area (Å²) in [6.07, 6.45) is 0. The van der Waals surface area contributed by atoms with Gasteiger partial charge in [-0.1, -0.05) is 57.2 Å². The van der Waals surface area contributed by atoms with E-state index in [-0.39, 0.29) is 17.1 Å². The summed E-state index contributed by atoms with van der Waals surface area (Å²) in [6.45, 7) is 7.64. The molecular weight excluding hydrogens is 405 g/mol. The molecule has 0 fully saturated rings. The molecule has 0 aromatic heterocycles. The van der Waals surface area contributed by atoms with E-state index in [1.807, 2.05) is 31.2 Å². The van der Waals surface area contributed by atoms with Crippen molar-refractivity contribution in [2.75, 3.05) is 24.9 Å². The highest BCUT2D eigenvalue weighted by Crippen LogP contribution is 2.25. The molecule has 2 aromatic carbocycles. The summed E-state index contributed by atoms with van der Waals surface area (Å²) in [7, 11) is -1.40. The van der Waals surface area contributed by atoms with Gasteiger partial charge in [-0.25, -0.2) is 8.70 Å². The summed E-state index contributed by atoms with van der Waals surface area (Å²) in [5.41, 5.74) is 1.91. The van der Waals surface area contributed by atoms with Crippen molar-refractivity contribution in [1.29, 1.82) is 0 Å². The Labute approximate surface area is 178 Å². The maximum absolute atomic E-state index is 14.3. The Kier molecular flexibility index (Phi) is 7.26. The zero-order valence-corrected chi connectivity index (χ0v) is 19.1. The van der Waals surface area contributed by atoms with E-state index >= 15 is 0 Å². The topological polar surface area (TPSA) is 69.7 Å². The molecule has 0 saturated carbocycles. The zero-order valence-electron chi connectivity index (χ0n) is 18.3. The maximum atomic E-state index is 14.3. The molecule has 0 radical (unpaired) electrons. The predicted octanol–water partition coefficient (Wildman–Crippen LogP) is 3.61. The van der Waals surface area contributed by atoms with Crippen LogP contribution in [0.4, 0.5) is 10.1 Å². The van der Waals surface area contributed by atoms with Crippen molar-refractivity contribution in [1.82, 2.24) is 9.62 Å². The molecule has 0 heterocycles. The molecular formula is C22H30FN3O3S. The van der Waals surface area contributed by atoms with Crippen LogP contribution >= 0.6 is 0 Å². The van der Waals surface area contributed by atoms with E-state index in [1.54, 1.807) is 0 Å². The number of anilines is 1. The van der Waals surface area contributed by atoms with Crippen LogP contribution in [0.15, 0.2) is 48.5 Å². The van der Waals surface area contributed by atoms with Gasteiger partial charge < -0.3 is 5.32 Å². The van der Waals surface area contributed by atoms with E-state index in [9.17, 15) is 17.6 Å². The molecule has 0 aliphatic heterocycles. The second-order valence-electron chi connectivity index (χ2n) is 8.41. The number of amides is 1. The SMILES string of the molecule is CC(NC(=O)CN(c1ccccc1F)S(=O)(=O)N(C)C)c1ccc(C(C)(C)C)cc1. The summed E-state index contributed by atoms with van der Waals surface area (Å²) in [5.74, 6) is -1.25. The fourth-order valence-corrected chi connectivity index (χ4v) is 3.99. The first-order valence-corrected chi connectivity index (χ1v) is 11.1. The Morgan fingerprint density at radius 2 is 1.63 bits per heavy atom. The van der Waals surface area contributed by atoms with Crippen molar-refractivity contribution < 1.29 is 17.6 Å². The maximum Gasteiger partial charge on any atom is 0.304 e. The minimum atomic E-state index is -4.07. The first-order valence-electron chi connectivity index (χ1n) is 9.68. The van der Waals surface area contributed by atoms with E-state index in [1.165, 1.54) is 37.9 Å². The van der Waals surface area contributed by atoms with Gasteiger partial charge in [0.05, 0.1) is 11.7 Å². The highest BCUT2D eigenvalue weighted by Gasteiger charge is 2.29. The van der Waals surface area contributed by atoms with Crippen molar-refractivity contribution in [3.8, 4) is 0 Å². The molecule has 0 saturated heterocycles. The third-order valence-electron chi connectivity index (χ3n) is 4.80. The lowest BCUT2D eigenvalue weighted by molar-refractivity contribution is -0.120. The van der Waals surface area contributed by atoms with Crippen molar-refractivity contribution in [3.05, 3.63) is 65.5 Å². The van der Waals surface area contributed by atoms with Crippen LogP contribution in [0.2, 0.25) is 0 Å². The average molecular weight is 436 g/mol. The molecule has 0 aliphatic rings. The molecule has 0 bridgehead atoms. The summed E-state index contributed by atoms with van der Waals surface area (Å²) in [5, 5.41) is 2.80. The number of hydrogen-bond acceptors (Lipinski definition) is 3. The smallest absolute Gasteiger partial charge is 0.304 e. The van der Waals surface area contributed by atoms with Crippen LogP contribution in [0.5, 0.6) is 0 Å². The number of hydrogen-bond donors (Lipinski definition) is 1. The third kappa shape index (κ3) is 5.58. The van der Waals surface area contributed by atoms with Crippen LogP contribution in [0.25, 0.3) is 0 Å². The summed E-state index contributed by atoms with van der Waals surface area (Å²) in [6, 6.07) is 13.0. The molecule has 0 aliphatic carbocycles. The Bertz CT molecular complexity index is 983. The van der Waals surface area contributed by atoms with Crippen LogP contribution < -0.4 is 9.62 Å². The van der Waals surface area contributed by atoms with Crippen molar-refractivity contribution >= 4 is 21.8 Å². The molecule has 2 rings (SSSR count). The lowest BCUT2D eigenvalue weighted by Crippen LogP contribution is -2.46. The number of carbonyl (C=O) groups is 1. The normalized spacial score (nSPS) is 13.2. The molecule has 164 valence electrons. The number of rotatable bonds is 7. The van der Waals surface area contributed by atoms with E-state index < -0.39 is 28.5 Å². The standard InChI is InChI=1S/C22H30FN3O3S/c1-16(17-11-13-18(14-12-17)22(2,3)4)24-21(27)15-26(30(28,29)25(5)6)20-10-8-7-9-19(20)23/h7-14,16H,15H2,1-6H3,(H,24,27). The van der Waals surface area contributed by atoms with Gasteiger partial charge in [0, 0.05) is 14.1 Å². The quantitative estimate of drug-likeness (QED) is 0.722. The molecule has 6 nitrogen and oxygen atoms in total. The summed E-state index contributed by atoms with van der Waals surface area (Å²) >= 11 is 0. The minimum Gasteiger partial charge on any atom is -0.348 e. The van der Waals surface area contributed by atoms with Gasteiger partial charge in [-0.2, -0.15) is 12.7 Å². The molecule has 2 aromatic rings. The summed E-state index contributed by atoms with van der Waals surface area (Å²) in [4.78, 5) is 12.7. The Hall–Kier alpha value is -2.45. The second kappa shape index (κ2) is 9.14. The third-order valence-corrected chi connectivity index (χ3v) is 6.61. The van der Waals surface area contributed by atoms with Gasteiger partial charge in [-0.15, -0.1) is 0 Å². The fraction of sp³-hybridized carbons (Fsp3) is 0.409. The van der Waals surface area contributed by atoms with Gasteiger partial charge in [0.2, 0.25) is 5.91 Å². The monoisotopic (exact) mass is 435 g/mol. The fourth-order valence-electron chi connectivity index (χ4n) is 2.91. The average Bonchev–Trinajstić information content (AvgIpc) is 2.66. The lowest BCUT2D eigenvalue weighted by atomic mass is 9.86. The van der Waals surface area contributed by atoms with Crippen molar-refractivity contribution in [2.45, 2.75) is 39.2 Å². The van der Waals surface area contributed by atoms with Gasteiger partial charge in [-0.05, 0) is 35.6 Å². The van der Waals surface area contributed by atoms with E-state index in [0.29, 0.717) is 0 Å². The van der Waals surface area contributed by atoms with Gasteiger partial charge in [-0.3, -0.25) is 4.79 Å². The van der Waals surface area contributed by atoms with Gasteiger partial charge in [0.25, 0.3) is 0 Å². The molecule has 0 spiro atoms. The van der Waals surface area contributed by atoms with Crippen LogP contribution in [-0.4, -0.2) is 39.3 Å². The number of carbonyl (C=O) groups excluding carboxylic acids is 1. The number of nitrogens with one attached hydrogen (secondary N) is 1.